The maximum Gasteiger partial charge on any atom is 0.192 e. The van der Waals surface area contributed by atoms with E-state index in [0.29, 0.717) is 0 Å². The molecule has 4 saturated carbocycles. The second-order valence-electron chi connectivity index (χ2n) is 15.4. The van der Waals surface area contributed by atoms with Crippen LogP contribution in [0.1, 0.15) is 87.0 Å². The van der Waals surface area contributed by atoms with Gasteiger partial charge in [0.2, 0.25) is 0 Å². The first-order valence-electron chi connectivity index (χ1n) is 14.2. The topological polar surface area (TPSA) is 66.4 Å². The minimum absolute atomic E-state index is 0.0630. The van der Waals surface area contributed by atoms with Gasteiger partial charge in [0, 0.05) is 10.8 Å². The third-order valence-corrected chi connectivity index (χ3v) is 14.6. The molecule has 37 heavy (non-hydrogen) atoms. The number of aliphatic hydroxyl groups is 1. The number of rotatable bonds is 2. The second kappa shape index (κ2) is 8.48. The van der Waals surface area contributed by atoms with E-state index < -0.39 is 19.9 Å². The van der Waals surface area contributed by atoms with Gasteiger partial charge in [-0.2, -0.15) is 0 Å². The highest BCUT2D eigenvalue weighted by molar-refractivity contribution is 6.74. The summed E-state index contributed by atoms with van der Waals surface area (Å²) in [6, 6.07) is 0. The van der Waals surface area contributed by atoms with Gasteiger partial charge in [0.15, 0.2) is 19.9 Å². The average Bonchev–Trinajstić information content (AvgIpc) is 3.33. The molecule has 2 saturated heterocycles. The molecule has 2 heterocycles. The van der Waals surface area contributed by atoms with Crippen LogP contribution >= 0.6 is 0 Å². The molecule has 4 aliphatic carbocycles. The minimum Gasteiger partial charge on any atom is -0.411 e. The first kappa shape index (κ1) is 28.0. The number of aliphatic hydroxyl groups excluding tert-OH is 1. The Kier molecular flexibility index (Phi) is 6.42. The van der Waals surface area contributed by atoms with Gasteiger partial charge in [-0.05, 0) is 84.4 Å². The van der Waals surface area contributed by atoms with Gasteiger partial charge in [-0.3, -0.25) is 0 Å². The van der Waals surface area contributed by atoms with Gasteiger partial charge in [0.05, 0.1) is 24.4 Å². The Morgan fingerprint density at radius 2 is 1.22 bits per heavy atom. The first-order valence-corrected chi connectivity index (χ1v) is 17.1. The first-order chi connectivity index (χ1) is 16.8. The van der Waals surface area contributed by atoms with E-state index in [2.05, 4.69) is 47.0 Å². The van der Waals surface area contributed by atoms with E-state index in [-0.39, 0.29) is 52.5 Å². The molecular formula is C30H50O6Si. The Hall–Kier alpha value is -0.543. The highest BCUT2D eigenvalue weighted by Gasteiger charge is 2.66. The van der Waals surface area contributed by atoms with E-state index in [1.54, 1.807) is 0 Å². The molecule has 2 aliphatic heterocycles. The fraction of sp³-hybridized carbons (Fsp3) is 0.867. The van der Waals surface area contributed by atoms with Crippen molar-refractivity contribution in [3.05, 3.63) is 24.3 Å². The molecule has 2 spiro atoms. The zero-order chi connectivity index (χ0) is 27.4. The zero-order valence-corrected chi connectivity index (χ0v) is 25.6. The van der Waals surface area contributed by atoms with Crippen LogP contribution in [0.2, 0.25) is 18.1 Å². The maximum absolute atomic E-state index is 9.98. The van der Waals surface area contributed by atoms with E-state index in [0.717, 1.165) is 38.5 Å². The van der Waals surface area contributed by atoms with Crippen molar-refractivity contribution in [2.24, 2.45) is 10.8 Å². The molecule has 6 nitrogen and oxygen atoms in total. The molecule has 0 aromatic carbocycles. The summed E-state index contributed by atoms with van der Waals surface area (Å²) in [6.07, 6.45) is 5.97. The molecule has 0 radical (unpaired) electrons. The van der Waals surface area contributed by atoms with Gasteiger partial charge in [-0.25, -0.2) is 0 Å². The lowest BCUT2D eigenvalue weighted by atomic mass is 9.63. The summed E-state index contributed by atoms with van der Waals surface area (Å²) in [5, 5.41) is 10.2. The number of fused-ring (bicyclic) bond motifs is 4. The summed E-state index contributed by atoms with van der Waals surface area (Å²) in [4.78, 5) is 0. The van der Waals surface area contributed by atoms with Crippen LogP contribution in [0.5, 0.6) is 0 Å². The van der Waals surface area contributed by atoms with E-state index in [1.165, 1.54) is 11.1 Å². The molecule has 0 unspecified atom stereocenters. The molecule has 0 aromatic heterocycles. The summed E-state index contributed by atoms with van der Waals surface area (Å²) >= 11 is 0. The second-order valence-corrected chi connectivity index (χ2v) is 20.1. The Morgan fingerprint density at radius 1 is 0.784 bits per heavy atom. The number of hydrogen-bond donors (Lipinski definition) is 1. The molecule has 6 fully saturated rings. The minimum atomic E-state index is -1.80. The Labute approximate surface area is 225 Å². The lowest BCUT2D eigenvalue weighted by Gasteiger charge is -2.45. The van der Waals surface area contributed by atoms with E-state index in [4.69, 9.17) is 23.4 Å². The Morgan fingerprint density at radius 3 is 1.68 bits per heavy atom. The zero-order valence-electron chi connectivity index (χ0n) is 24.6. The van der Waals surface area contributed by atoms with Crippen molar-refractivity contribution < 1.29 is 28.5 Å². The van der Waals surface area contributed by atoms with Crippen LogP contribution in [0, 0.1) is 10.8 Å². The van der Waals surface area contributed by atoms with Crippen LogP contribution in [0.4, 0.5) is 0 Å². The van der Waals surface area contributed by atoms with Gasteiger partial charge in [0.1, 0.15) is 12.2 Å². The smallest absolute Gasteiger partial charge is 0.192 e. The summed E-state index contributed by atoms with van der Waals surface area (Å²) in [7, 11) is -1.80. The standard InChI is InChI=1S/C18H32O3Si.C12H18O3/c1-12-9-18(10-12)11-13(21-22(7,8)16(2,3)4)14-15(18)20-17(5,6)19-14;1-7-4-12(5-7)6-8(13)9-10(12)15-11(2,3)14-9/h13-15H,1,9-11H2,2-8H3;8-10,13H,1,4-6H2,2-3H3/t13-,14-,15-;8-,9-,10-/m00/s1. The van der Waals surface area contributed by atoms with Gasteiger partial charge < -0.3 is 28.5 Å². The molecule has 6 rings (SSSR count). The van der Waals surface area contributed by atoms with Crippen molar-refractivity contribution in [1.82, 2.24) is 0 Å². The monoisotopic (exact) mass is 534 g/mol. The van der Waals surface area contributed by atoms with Crippen molar-refractivity contribution >= 4 is 8.32 Å². The van der Waals surface area contributed by atoms with E-state index >= 15 is 0 Å². The molecule has 0 aromatic rings. The van der Waals surface area contributed by atoms with Crippen molar-refractivity contribution in [2.75, 3.05) is 0 Å². The fourth-order valence-corrected chi connectivity index (χ4v) is 8.93. The van der Waals surface area contributed by atoms with Gasteiger partial charge in [-0.1, -0.05) is 45.1 Å². The van der Waals surface area contributed by atoms with Crippen molar-refractivity contribution in [3.8, 4) is 0 Å². The van der Waals surface area contributed by atoms with E-state index in [9.17, 15) is 5.11 Å². The average molecular weight is 535 g/mol. The summed E-state index contributed by atoms with van der Waals surface area (Å²) < 4.78 is 31.0. The third-order valence-electron chi connectivity index (χ3n) is 10.1. The van der Waals surface area contributed by atoms with Crippen LogP contribution < -0.4 is 0 Å². The molecule has 6 aliphatic rings. The number of allylic oxidation sites excluding steroid dienone is 2. The van der Waals surface area contributed by atoms with E-state index in [1.807, 2.05) is 27.7 Å². The fourth-order valence-electron chi connectivity index (χ4n) is 7.60. The largest absolute Gasteiger partial charge is 0.411 e. The molecule has 0 bridgehead atoms. The third kappa shape index (κ3) is 4.75. The Bertz CT molecular complexity index is 946. The number of hydrogen-bond acceptors (Lipinski definition) is 6. The predicted octanol–water partition coefficient (Wildman–Crippen LogP) is 6.24. The van der Waals surface area contributed by atoms with Crippen LogP contribution in [0.3, 0.4) is 0 Å². The molecular weight excluding hydrogens is 484 g/mol. The molecule has 6 atom stereocenters. The van der Waals surface area contributed by atoms with Crippen molar-refractivity contribution in [3.63, 3.8) is 0 Å². The normalized spacial score (nSPS) is 40.2. The van der Waals surface area contributed by atoms with Crippen LogP contribution in [-0.4, -0.2) is 61.6 Å². The predicted molar refractivity (Wildman–Crippen MR) is 147 cm³/mol. The quantitative estimate of drug-likeness (QED) is 0.334. The van der Waals surface area contributed by atoms with Crippen molar-refractivity contribution in [2.45, 2.75) is 153 Å². The summed E-state index contributed by atoms with van der Waals surface area (Å²) in [5.41, 5.74) is 2.95. The van der Waals surface area contributed by atoms with Crippen LogP contribution in [0.15, 0.2) is 24.3 Å². The SMILES string of the molecule is C=C1CC2(C1)C[C@H](O)[C@@H]1OC(C)(C)O[C@@H]12.C=C1CC2(C1)C[C@H](O[Si](C)(C)C(C)(C)C)[C@@H]1OC(C)(C)O[C@@H]12. The molecule has 1 N–H and O–H groups in total. The van der Waals surface area contributed by atoms with Crippen LogP contribution in [0.25, 0.3) is 0 Å². The molecule has 7 heteroatoms. The highest BCUT2D eigenvalue weighted by Crippen LogP contribution is 2.62. The molecule has 0 amide bonds. The van der Waals surface area contributed by atoms with Gasteiger partial charge >= 0.3 is 0 Å². The lowest BCUT2D eigenvalue weighted by Crippen LogP contribution is -2.46. The van der Waals surface area contributed by atoms with Crippen LogP contribution in [-0.2, 0) is 23.4 Å². The summed E-state index contributed by atoms with van der Waals surface area (Å²) in [5.74, 6) is -1.03. The Balaban J connectivity index is 0.000000162. The van der Waals surface area contributed by atoms with Crippen molar-refractivity contribution in [1.29, 1.82) is 0 Å². The summed E-state index contributed by atoms with van der Waals surface area (Å²) in [6.45, 7) is 27.5. The van der Waals surface area contributed by atoms with Gasteiger partial charge in [-0.15, -0.1) is 0 Å². The number of ether oxygens (including phenoxy) is 4. The maximum atomic E-state index is 9.98. The lowest BCUT2D eigenvalue weighted by molar-refractivity contribution is -0.178. The molecule has 210 valence electrons. The highest BCUT2D eigenvalue weighted by atomic mass is 28.4. The van der Waals surface area contributed by atoms with Gasteiger partial charge in [0.25, 0.3) is 0 Å².